The lowest BCUT2D eigenvalue weighted by Crippen LogP contribution is -2.11. The topological polar surface area (TPSA) is 51.2 Å². The Bertz CT molecular complexity index is 875. The summed E-state index contributed by atoms with van der Waals surface area (Å²) in [6, 6.07) is 13.2. The number of hydrogen-bond donors (Lipinski definition) is 1. The Morgan fingerprint density at radius 2 is 1.96 bits per heavy atom. The van der Waals surface area contributed by atoms with Gasteiger partial charge in [-0.1, -0.05) is 6.07 Å². The molecule has 0 spiro atoms. The quantitative estimate of drug-likeness (QED) is 0.758. The molecule has 2 aromatic carbocycles. The SMILES string of the molecule is COc1cccc(NC(=O)c2sc(-c3ccc(F)cc3)nc2C)c1. The zero-order valence-electron chi connectivity index (χ0n) is 13.2. The Balaban J connectivity index is 1.83. The van der Waals surface area contributed by atoms with Crippen LogP contribution in [0.3, 0.4) is 0 Å². The molecule has 0 unspecified atom stereocenters. The third kappa shape index (κ3) is 3.44. The van der Waals surface area contributed by atoms with E-state index in [1.807, 2.05) is 0 Å². The van der Waals surface area contributed by atoms with E-state index in [0.29, 0.717) is 27.0 Å². The van der Waals surface area contributed by atoms with Crippen LogP contribution in [0.15, 0.2) is 48.5 Å². The number of aryl methyl sites for hydroxylation is 1. The molecule has 122 valence electrons. The Labute approximate surface area is 142 Å². The van der Waals surface area contributed by atoms with Crippen LogP contribution in [0.4, 0.5) is 10.1 Å². The number of thiazole rings is 1. The van der Waals surface area contributed by atoms with Gasteiger partial charge in [-0.15, -0.1) is 11.3 Å². The molecule has 4 nitrogen and oxygen atoms in total. The first kappa shape index (κ1) is 16.1. The molecule has 6 heteroatoms. The predicted octanol–water partition coefficient (Wildman–Crippen LogP) is 4.52. The first-order valence-corrected chi connectivity index (χ1v) is 8.07. The van der Waals surface area contributed by atoms with Crippen molar-refractivity contribution in [2.75, 3.05) is 12.4 Å². The second kappa shape index (κ2) is 6.80. The normalized spacial score (nSPS) is 10.5. The zero-order chi connectivity index (χ0) is 17.1. The Morgan fingerprint density at radius 1 is 1.21 bits per heavy atom. The maximum atomic E-state index is 13.0. The standard InChI is InChI=1S/C18H15FN2O2S/c1-11-16(17(22)21-14-4-3-5-15(10-14)23-2)24-18(20-11)12-6-8-13(19)9-7-12/h3-10H,1-2H3,(H,21,22). The summed E-state index contributed by atoms with van der Waals surface area (Å²) in [4.78, 5) is 17.4. The molecule has 1 aromatic heterocycles. The maximum Gasteiger partial charge on any atom is 0.267 e. The number of hydrogen-bond acceptors (Lipinski definition) is 4. The van der Waals surface area contributed by atoms with Gasteiger partial charge in [0.15, 0.2) is 0 Å². The van der Waals surface area contributed by atoms with Crippen LogP contribution in [-0.4, -0.2) is 18.0 Å². The zero-order valence-corrected chi connectivity index (χ0v) is 14.0. The average Bonchev–Trinajstić information content (AvgIpc) is 2.97. The molecule has 0 aliphatic rings. The monoisotopic (exact) mass is 342 g/mol. The molecule has 0 saturated carbocycles. The lowest BCUT2D eigenvalue weighted by molar-refractivity contribution is 0.103. The van der Waals surface area contributed by atoms with Crippen molar-refractivity contribution in [3.63, 3.8) is 0 Å². The van der Waals surface area contributed by atoms with Gasteiger partial charge in [-0.05, 0) is 43.3 Å². The number of carbonyl (C=O) groups excluding carboxylic acids is 1. The Kier molecular flexibility index (Phi) is 4.57. The Hall–Kier alpha value is -2.73. The number of carbonyl (C=O) groups is 1. The van der Waals surface area contributed by atoms with Crippen LogP contribution in [0, 0.1) is 12.7 Å². The minimum atomic E-state index is -0.303. The van der Waals surface area contributed by atoms with Gasteiger partial charge in [0.25, 0.3) is 5.91 Å². The highest BCUT2D eigenvalue weighted by Crippen LogP contribution is 2.29. The fourth-order valence-corrected chi connectivity index (χ4v) is 3.18. The van der Waals surface area contributed by atoms with Gasteiger partial charge < -0.3 is 10.1 Å². The lowest BCUT2D eigenvalue weighted by Gasteiger charge is -2.06. The van der Waals surface area contributed by atoms with Crippen molar-refractivity contribution >= 4 is 22.9 Å². The molecule has 0 saturated heterocycles. The minimum absolute atomic E-state index is 0.230. The van der Waals surface area contributed by atoms with Crippen molar-refractivity contribution in [3.05, 3.63) is 64.9 Å². The van der Waals surface area contributed by atoms with Gasteiger partial charge in [-0.2, -0.15) is 0 Å². The van der Waals surface area contributed by atoms with E-state index in [1.54, 1.807) is 50.4 Å². The van der Waals surface area contributed by atoms with Crippen LogP contribution in [0.25, 0.3) is 10.6 Å². The smallest absolute Gasteiger partial charge is 0.267 e. The summed E-state index contributed by atoms with van der Waals surface area (Å²) in [6.45, 7) is 1.78. The molecule has 1 amide bonds. The summed E-state index contributed by atoms with van der Waals surface area (Å²) in [6.07, 6.45) is 0. The number of nitrogens with one attached hydrogen (secondary N) is 1. The van der Waals surface area contributed by atoms with E-state index >= 15 is 0 Å². The van der Waals surface area contributed by atoms with Gasteiger partial charge in [0.2, 0.25) is 0 Å². The fourth-order valence-electron chi connectivity index (χ4n) is 2.21. The van der Waals surface area contributed by atoms with Crippen LogP contribution >= 0.6 is 11.3 Å². The van der Waals surface area contributed by atoms with Crippen LogP contribution in [0.2, 0.25) is 0 Å². The van der Waals surface area contributed by atoms with Crippen LogP contribution < -0.4 is 10.1 Å². The lowest BCUT2D eigenvalue weighted by atomic mass is 10.2. The summed E-state index contributed by atoms with van der Waals surface area (Å²) in [5.41, 5.74) is 2.07. The number of rotatable bonds is 4. The molecule has 0 aliphatic carbocycles. The van der Waals surface area contributed by atoms with Crippen molar-refractivity contribution in [1.29, 1.82) is 0 Å². The number of aromatic nitrogens is 1. The van der Waals surface area contributed by atoms with E-state index in [0.717, 1.165) is 5.56 Å². The predicted molar refractivity (Wildman–Crippen MR) is 93.2 cm³/mol. The molecular formula is C18H15FN2O2S. The third-order valence-electron chi connectivity index (χ3n) is 3.42. The van der Waals surface area contributed by atoms with Crippen molar-refractivity contribution in [1.82, 2.24) is 4.98 Å². The van der Waals surface area contributed by atoms with Crippen LogP contribution in [-0.2, 0) is 0 Å². The second-order valence-electron chi connectivity index (χ2n) is 5.13. The van der Waals surface area contributed by atoms with E-state index in [2.05, 4.69) is 10.3 Å². The summed E-state index contributed by atoms with van der Waals surface area (Å²) >= 11 is 1.28. The van der Waals surface area contributed by atoms with Crippen molar-refractivity contribution in [3.8, 4) is 16.3 Å². The second-order valence-corrected chi connectivity index (χ2v) is 6.13. The maximum absolute atomic E-state index is 13.0. The summed E-state index contributed by atoms with van der Waals surface area (Å²) in [5, 5.41) is 3.52. The molecule has 24 heavy (non-hydrogen) atoms. The number of nitrogens with zero attached hydrogens (tertiary/aromatic N) is 1. The molecule has 1 heterocycles. The van der Waals surface area contributed by atoms with E-state index in [9.17, 15) is 9.18 Å². The molecule has 1 N–H and O–H groups in total. The highest BCUT2D eigenvalue weighted by atomic mass is 32.1. The molecule has 0 radical (unpaired) electrons. The van der Waals surface area contributed by atoms with E-state index in [-0.39, 0.29) is 11.7 Å². The fraction of sp³-hybridized carbons (Fsp3) is 0.111. The molecule has 3 rings (SSSR count). The average molecular weight is 342 g/mol. The molecule has 0 bridgehead atoms. The molecular weight excluding hydrogens is 327 g/mol. The number of benzene rings is 2. The number of amides is 1. The van der Waals surface area contributed by atoms with Gasteiger partial charge in [0, 0.05) is 17.3 Å². The van der Waals surface area contributed by atoms with Gasteiger partial charge in [-0.25, -0.2) is 9.37 Å². The van der Waals surface area contributed by atoms with Gasteiger partial charge in [-0.3, -0.25) is 4.79 Å². The highest BCUT2D eigenvalue weighted by molar-refractivity contribution is 7.17. The summed E-state index contributed by atoms with van der Waals surface area (Å²) < 4.78 is 18.2. The number of ether oxygens (including phenoxy) is 1. The molecule has 3 aromatic rings. The van der Waals surface area contributed by atoms with Gasteiger partial charge >= 0.3 is 0 Å². The molecule has 0 aliphatic heterocycles. The minimum Gasteiger partial charge on any atom is -0.497 e. The Morgan fingerprint density at radius 3 is 2.67 bits per heavy atom. The van der Waals surface area contributed by atoms with E-state index in [4.69, 9.17) is 4.74 Å². The third-order valence-corrected chi connectivity index (χ3v) is 4.63. The van der Waals surface area contributed by atoms with E-state index in [1.165, 1.54) is 23.5 Å². The number of anilines is 1. The summed E-state index contributed by atoms with van der Waals surface area (Å²) in [7, 11) is 1.57. The van der Waals surface area contributed by atoms with Gasteiger partial charge in [0.05, 0.1) is 12.8 Å². The van der Waals surface area contributed by atoms with Crippen LogP contribution in [0.1, 0.15) is 15.4 Å². The van der Waals surface area contributed by atoms with Crippen molar-refractivity contribution in [2.45, 2.75) is 6.92 Å². The highest BCUT2D eigenvalue weighted by Gasteiger charge is 2.16. The van der Waals surface area contributed by atoms with Crippen molar-refractivity contribution < 1.29 is 13.9 Å². The first-order valence-electron chi connectivity index (χ1n) is 7.25. The molecule has 0 atom stereocenters. The van der Waals surface area contributed by atoms with E-state index < -0.39 is 0 Å². The number of halogens is 1. The largest absolute Gasteiger partial charge is 0.497 e. The first-order chi connectivity index (χ1) is 11.6. The van der Waals surface area contributed by atoms with Gasteiger partial charge in [0.1, 0.15) is 21.5 Å². The number of methoxy groups -OCH3 is 1. The van der Waals surface area contributed by atoms with Crippen LogP contribution in [0.5, 0.6) is 5.75 Å². The summed E-state index contributed by atoms with van der Waals surface area (Å²) in [5.74, 6) is 0.135. The van der Waals surface area contributed by atoms with Crippen molar-refractivity contribution in [2.24, 2.45) is 0 Å². The molecule has 0 fully saturated rings.